The van der Waals surface area contributed by atoms with Gasteiger partial charge in [0.15, 0.2) is 0 Å². The number of aromatic amines is 1. The highest BCUT2D eigenvalue weighted by atomic mass is 35.5. The van der Waals surface area contributed by atoms with Gasteiger partial charge >= 0.3 is 11.1 Å². The fraction of sp³-hybridized carbons (Fsp3) is 0. The minimum atomic E-state index is -0.823. The molecule has 0 aliphatic heterocycles. The number of halogens is 1. The third-order valence-corrected chi connectivity index (χ3v) is 3.17. The van der Waals surface area contributed by atoms with Gasteiger partial charge in [0, 0.05) is 16.0 Å². The van der Waals surface area contributed by atoms with Crippen LogP contribution in [-0.4, -0.2) is 9.97 Å². The van der Waals surface area contributed by atoms with Crippen molar-refractivity contribution in [3.05, 3.63) is 74.3 Å². The van der Waals surface area contributed by atoms with Crippen LogP contribution >= 0.6 is 11.6 Å². The molecule has 98 valence electrons. The zero-order valence-corrected chi connectivity index (χ0v) is 11.0. The largest absolute Gasteiger partial charge is 0.335 e. The van der Waals surface area contributed by atoms with Crippen LogP contribution < -0.4 is 11.1 Å². The number of fused-ring (bicyclic) bond motifs is 1. The lowest BCUT2D eigenvalue weighted by molar-refractivity contribution is 1.18. The molecule has 0 bridgehead atoms. The molecule has 0 aliphatic carbocycles. The summed E-state index contributed by atoms with van der Waals surface area (Å²) in [5.41, 5.74) is 0.135. The van der Waals surface area contributed by atoms with Crippen LogP contribution in [0.5, 0.6) is 0 Å². The Bertz CT molecular complexity index is 905. The number of hydrogen-bond donors (Lipinski definition) is 1. The molecule has 0 atom stereocenters. The second-order valence-corrected chi connectivity index (χ2v) is 4.71. The summed E-state index contributed by atoms with van der Waals surface area (Å²) in [6.45, 7) is 0. The lowest BCUT2D eigenvalue weighted by Gasteiger charge is -2.01. The van der Waals surface area contributed by atoms with E-state index in [4.69, 9.17) is 11.6 Å². The first-order valence-electron chi connectivity index (χ1n) is 5.94. The molecular weight excluding hydrogens is 276 g/mol. The Kier molecular flexibility index (Phi) is 3.08. The van der Waals surface area contributed by atoms with Crippen molar-refractivity contribution in [3.8, 4) is 11.3 Å². The third-order valence-electron chi connectivity index (χ3n) is 2.94. The summed E-state index contributed by atoms with van der Waals surface area (Å²) in [6, 6.07) is 14.2. The van der Waals surface area contributed by atoms with Gasteiger partial charge in [-0.15, -0.1) is 0 Å². The molecule has 3 rings (SSSR count). The van der Waals surface area contributed by atoms with Gasteiger partial charge in [-0.1, -0.05) is 41.9 Å². The minimum absolute atomic E-state index is 0.437. The van der Waals surface area contributed by atoms with Crippen LogP contribution in [0, 0.1) is 0 Å². The van der Waals surface area contributed by atoms with Gasteiger partial charge in [0.05, 0.1) is 11.2 Å². The minimum Gasteiger partial charge on any atom is -0.317 e. The van der Waals surface area contributed by atoms with Crippen molar-refractivity contribution < 1.29 is 0 Å². The van der Waals surface area contributed by atoms with E-state index in [1.165, 1.54) is 0 Å². The highest BCUT2D eigenvalue weighted by Crippen LogP contribution is 2.25. The molecule has 1 heterocycles. The first kappa shape index (κ1) is 12.6. The van der Waals surface area contributed by atoms with Crippen LogP contribution in [0.4, 0.5) is 0 Å². The van der Waals surface area contributed by atoms with Gasteiger partial charge in [-0.3, -0.25) is 9.59 Å². The maximum atomic E-state index is 11.7. The SMILES string of the molecule is O=c1nc(-c2ccccc2)c2cc(Cl)ccc2[nH]c1=O. The molecule has 1 aromatic heterocycles. The summed E-state index contributed by atoms with van der Waals surface area (Å²) in [6.07, 6.45) is 0. The van der Waals surface area contributed by atoms with Crippen LogP contribution in [0.2, 0.25) is 5.02 Å². The average molecular weight is 285 g/mol. The zero-order chi connectivity index (χ0) is 14.1. The molecule has 0 fully saturated rings. The standard InChI is InChI=1S/C15H9ClN2O2/c16-10-6-7-12-11(8-10)13(9-4-2-1-3-5-9)18-15(20)14(19)17-12/h1-8H,(H,17,18,19,20). The number of rotatable bonds is 1. The second-order valence-electron chi connectivity index (χ2n) is 4.28. The monoisotopic (exact) mass is 284 g/mol. The zero-order valence-electron chi connectivity index (χ0n) is 10.3. The molecule has 0 aliphatic rings. The molecule has 0 saturated heterocycles. The number of benzene rings is 2. The Morgan fingerprint density at radius 1 is 1.00 bits per heavy atom. The van der Waals surface area contributed by atoms with Gasteiger partial charge in [0.25, 0.3) is 0 Å². The molecule has 2 aromatic carbocycles. The molecule has 0 unspecified atom stereocenters. The van der Waals surface area contributed by atoms with Crippen LogP contribution in [-0.2, 0) is 0 Å². The Morgan fingerprint density at radius 3 is 2.50 bits per heavy atom. The molecule has 0 saturated carbocycles. The van der Waals surface area contributed by atoms with E-state index in [2.05, 4.69) is 9.97 Å². The quantitative estimate of drug-likeness (QED) is 0.699. The van der Waals surface area contributed by atoms with Gasteiger partial charge < -0.3 is 4.98 Å². The molecule has 20 heavy (non-hydrogen) atoms. The molecule has 5 heteroatoms. The van der Waals surface area contributed by atoms with E-state index in [9.17, 15) is 9.59 Å². The Hall–Kier alpha value is -2.46. The molecule has 0 spiro atoms. The van der Waals surface area contributed by atoms with Crippen molar-refractivity contribution in [2.24, 2.45) is 0 Å². The van der Waals surface area contributed by atoms with Crippen LogP contribution in [0.25, 0.3) is 22.2 Å². The van der Waals surface area contributed by atoms with Crippen LogP contribution in [0.3, 0.4) is 0 Å². The summed E-state index contributed by atoms with van der Waals surface area (Å²) in [5.74, 6) is 0. The molecule has 0 radical (unpaired) electrons. The van der Waals surface area contributed by atoms with E-state index < -0.39 is 11.1 Å². The van der Waals surface area contributed by atoms with Crippen molar-refractivity contribution in [2.75, 3.05) is 0 Å². The van der Waals surface area contributed by atoms with Crippen molar-refractivity contribution >= 4 is 22.5 Å². The summed E-state index contributed by atoms with van der Waals surface area (Å²) in [7, 11) is 0. The molecule has 4 nitrogen and oxygen atoms in total. The number of nitrogens with zero attached hydrogens (tertiary/aromatic N) is 1. The molecular formula is C15H9ClN2O2. The van der Waals surface area contributed by atoms with Crippen molar-refractivity contribution in [1.29, 1.82) is 0 Å². The van der Waals surface area contributed by atoms with Gasteiger partial charge in [0.1, 0.15) is 0 Å². The number of nitrogens with one attached hydrogen (secondary N) is 1. The highest BCUT2D eigenvalue weighted by Gasteiger charge is 2.08. The Morgan fingerprint density at radius 2 is 1.75 bits per heavy atom. The summed E-state index contributed by atoms with van der Waals surface area (Å²) in [4.78, 5) is 29.8. The summed E-state index contributed by atoms with van der Waals surface area (Å²) >= 11 is 6.00. The van der Waals surface area contributed by atoms with E-state index in [1.54, 1.807) is 18.2 Å². The van der Waals surface area contributed by atoms with Crippen LogP contribution in [0.1, 0.15) is 0 Å². The maximum absolute atomic E-state index is 11.7. The van der Waals surface area contributed by atoms with E-state index >= 15 is 0 Å². The van der Waals surface area contributed by atoms with Gasteiger partial charge in [-0.2, -0.15) is 0 Å². The van der Waals surface area contributed by atoms with E-state index in [0.717, 1.165) is 5.56 Å². The normalized spacial score (nSPS) is 10.7. The highest BCUT2D eigenvalue weighted by molar-refractivity contribution is 6.31. The predicted octanol–water partition coefficient (Wildman–Crippen LogP) is 2.60. The summed E-state index contributed by atoms with van der Waals surface area (Å²) < 4.78 is 0. The second kappa shape index (κ2) is 4.90. The maximum Gasteiger partial charge on any atom is 0.335 e. The third kappa shape index (κ3) is 2.21. The fourth-order valence-electron chi connectivity index (χ4n) is 2.03. The first-order valence-corrected chi connectivity index (χ1v) is 6.32. The number of aromatic nitrogens is 2. The van der Waals surface area contributed by atoms with E-state index in [-0.39, 0.29) is 0 Å². The van der Waals surface area contributed by atoms with E-state index in [1.807, 2.05) is 30.3 Å². The molecule has 0 amide bonds. The van der Waals surface area contributed by atoms with Gasteiger partial charge in [-0.05, 0) is 18.2 Å². The first-order chi connectivity index (χ1) is 9.65. The number of hydrogen-bond acceptors (Lipinski definition) is 3. The topological polar surface area (TPSA) is 62.8 Å². The van der Waals surface area contributed by atoms with Gasteiger partial charge in [0.2, 0.25) is 0 Å². The molecule has 3 aromatic rings. The van der Waals surface area contributed by atoms with Crippen molar-refractivity contribution in [3.63, 3.8) is 0 Å². The van der Waals surface area contributed by atoms with E-state index in [0.29, 0.717) is 21.6 Å². The predicted molar refractivity (Wildman–Crippen MR) is 79.1 cm³/mol. The molecule has 1 N–H and O–H groups in total. The average Bonchev–Trinajstić information content (AvgIpc) is 2.58. The van der Waals surface area contributed by atoms with Crippen LogP contribution in [0.15, 0.2) is 58.1 Å². The van der Waals surface area contributed by atoms with Gasteiger partial charge in [-0.25, -0.2) is 4.98 Å². The lowest BCUT2D eigenvalue weighted by atomic mass is 10.1. The Labute approximate surface area is 118 Å². The Balaban J connectivity index is 2.53. The van der Waals surface area contributed by atoms with Crippen molar-refractivity contribution in [2.45, 2.75) is 0 Å². The fourth-order valence-corrected chi connectivity index (χ4v) is 2.20. The lowest BCUT2D eigenvalue weighted by Crippen LogP contribution is -2.25. The summed E-state index contributed by atoms with van der Waals surface area (Å²) in [5, 5.41) is 1.14. The number of H-pyrrole nitrogens is 1. The van der Waals surface area contributed by atoms with Crippen molar-refractivity contribution in [1.82, 2.24) is 9.97 Å². The smallest absolute Gasteiger partial charge is 0.317 e.